The van der Waals surface area contributed by atoms with Crippen molar-refractivity contribution < 1.29 is 9.59 Å². The van der Waals surface area contributed by atoms with Crippen LogP contribution in [0.2, 0.25) is 0 Å². The van der Waals surface area contributed by atoms with Crippen molar-refractivity contribution in [2.24, 2.45) is 0 Å². The van der Waals surface area contributed by atoms with Crippen molar-refractivity contribution in [2.45, 2.75) is 39.2 Å². The molecule has 1 amide bonds. The van der Waals surface area contributed by atoms with Gasteiger partial charge in [0.1, 0.15) is 5.69 Å². The van der Waals surface area contributed by atoms with Gasteiger partial charge in [-0.1, -0.05) is 12.1 Å². The third kappa shape index (κ3) is 2.92. The number of Topliss-reactive ketones (excluding diaryl/α,β-unsaturated/α-hetero) is 1. The van der Waals surface area contributed by atoms with Crippen LogP contribution in [0.5, 0.6) is 0 Å². The van der Waals surface area contributed by atoms with Gasteiger partial charge in [-0.25, -0.2) is 4.98 Å². The molecule has 2 aromatic heterocycles. The molecular weight excluding hydrogens is 328 g/mol. The number of carbonyl (C=O) groups is 2. The number of nitrogens with zero attached hydrogens (tertiary/aromatic N) is 2. The normalized spacial score (nSPS) is 13.8. The Morgan fingerprint density at radius 1 is 1.31 bits per heavy atom. The molecule has 0 bridgehead atoms. The van der Waals surface area contributed by atoms with E-state index in [2.05, 4.69) is 19.9 Å². The summed E-state index contributed by atoms with van der Waals surface area (Å²) in [6, 6.07) is 8.01. The Kier molecular flexibility index (Phi) is 4.32. The summed E-state index contributed by atoms with van der Waals surface area (Å²) in [6.45, 7) is 3.22. The van der Waals surface area contributed by atoms with Crippen LogP contribution in [0.4, 0.5) is 0 Å². The van der Waals surface area contributed by atoms with Crippen LogP contribution >= 0.6 is 0 Å². The van der Waals surface area contributed by atoms with E-state index in [0.29, 0.717) is 18.7 Å². The Bertz CT molecular complexity index is 983. The van der Waals surface area contributed by atoms with Gasteiger partial charge in [-0.15, -0.1) is 0 Å². The number of imidazole rings is 1. The molecule has 0 radical (unpaired) electrons. The SMILES string of the molecule is Cc1c(C(=O)NCCCn2cnc3ccccc32)[nH]c2c1C(=O)CCC2. The number of aromatic nitrogens is 3. The van der Waals surface area contributed by atoms with E-state index < -0.39 is 0 Å². The van der Waals surface area contributed by atoms with E-state index in [1.165, 1.54) is 0 Å². The number of nitrogens with one attached hydrogen (secondary N) is 2. The average Bonchev–Trinajstić information content (AvgIpc) is 3.21. The largest absolute Gasteiger partial charge is 0.354 e. The number of benzene rings is 1. The third-order valence-electron chi connectivity index (χ3n) is 5.05. The second kappa shape index (κ2) is 6.78. The summed E-state index contributed by atoms with van der Waals surface area (Å²) in [7, 11) is 0. The monoisotopic (exact) mass is 350 g/mol. The molecule has 4 rings (SSSR count). The molecule has 2 N–H and O–H groups in total. The number of aryl methyl sites for hydroxylation is 2. The zero-order valence-corrected chi connectivity index (χ0v) is 14.8. The number of H-pyrrole nitrogens is 1. The standard InChI is InChI=1S/C20H22N4O2/c1-13-18-15(7-4-9-17(18)25)23-19(13)20(26)21-10-5-11-24-12-22-14-6-2-3-8-16(14)24/h2-3,6,8,12,23H,4-5,7,9-11H2,1H3,(H,21,26). The summed E-state index contributed by atoms with van der Waals surface area (Å²) >= 11 is 0. The van der Waals surface area contributed by atoms with Crippen LogP contribution in [0.3, 0.4) is 0 Å². The number of amides is 1. The van der Waals surface area contributed by atoms with Crippen molar-refractivity contribution in [3.05, 3.63) is 53.1 Å². The Balaban J connectivity index is 1.37. The highest BCUT2D eigenvalue weighted by Crippen LogP contribution is 2.26. The van der Waals surface area contributed by atoms with E-state index >= 15 is 0 Å². The maximum atomic E-state index is 12.5. The quantitative estimate of drug-likeness (QED) is 0.694. The van der Waals surface area contributed by atoms with E-state index in [0.717, 1.165) is 53.7 Å². The first kappa shape index (κ1) is 16.6. The number of rotatable bonds is 5. The van der Waals surface area contributed by atoms with Crippen LogP contribution in [-0.2, 0) is 13.0 Å². The minimum Gasteiger partial charge on any atom is -0.354 e. The maximum Gasteiger partial charge on any atom is 0.268 e. The molecule has 2 heterocycles. The predicted molar refractivity (Wildman–Crippen MR) is 99.5 cm³/mol. The fourth-order valence-electron chi connectivity index (χ4n) is 3.73. The van der Waals surface area contributed by atoms with E-state index in [4.69, 9.17) is 0 Å². The Morgan fingerprint density at radius 2 is 2.15 bits per heavy atom. The first-order valence-electron chi connectivity index (χ1n) is 9.08. The lowest BCUT2D eigenvalue weighted by Crippen LogP contribution is -2.26. The molecule has 0 saturated heterocycles. The second-order valence-electron chi connectivity index (χ2n) is 6.79. The minimum atomic E-state index is -0.139. The fraction of sp³-hybridized carbons (Fsp3) is 0.350. The molecule has 3 aromatic rings. The molecule has 0 spiro atoms. The summed E-state index contributed by atoms with van der Waals surface area (Å²) in [5.74, 6) is 0.00576. The first-order chi connectivity index (χ1) is 12.6. The van der Waals surface area contributed by atoms with Gasteiger partial charge in [-0.2, -0.15) is 0 Å². The first-order valence-corrected chi connectivity index (χ1v) is 9.08. The van der Waals surface area contributed by atoms with Gasteiger partial charge in [0.2, 0.25) is 0 Å². The number of ketones is 1. The van der Waals surface area contributed by atoms with Crippen LogP contribution < -0.4 is 5.32 Å². The van der Waals surface area contributed by atoms with Gasteiger partial charge < -0.3 is 14.9 Å². The van der Waals surface area contributed by atoms with Crippen molar-refractivity contribution >= 4 is 22.7 Å². The molecule has 6 heteroatoms. The van der Waals surface area contributed by atoms with Crippen molar-refractivity contribution in [3.63, 3.8) is 0 Å². The Hall–Kier alpha value is -2.89. The number of hydrogen-bond acceptors (Lipinski definition) is 3. The smallest absolute Gasteiger partial charge is 0.268 e. The number of para-hydroxylation sites is 2. The molecule has 0 fully saturated rings. The van der Waals surface area contributed by atoms with Gasteiger partial charge in [0, 0.05) is 30.8 Å². The zero-order valence-electron chi connectivity index (χ0n) is 14.8. The van der Waals surface area contributed by atoms with Crippen molar-refractivity contribution in [2.75, 3.05) is 6.54 Å². The molecule has 134 valence electrons. The molecule has 0 aliphatic heterocycles. The molecule has 0 unspecified atom stereocenters. The Labute approximate surface area is 151 Å². The van der Waals surface area contributed by atoms with Gasteiger partial charge >= 0.3 is 0 Å². The van der Waals surface area contributed by atoms with Crippen LogP contribution in [0.25, 0.3) is 11.0 Å². The molecule has 0 atom stereocenters. The number of hydrogen-bond donors (Lipinski definition) is 2. The average molecular weight is 350 g/mol. The lowest BCUT2D eigenvalue weighted by molar-refractivity contribution is 0.0946. The highest BCUT2D eigenvalue weighted by atomic mass is 16.2. The topological polar surface area (TPSA) is 79.8 Å². The predicted octanol–water partition coefficient (Wildman–Crippen LogP) is 3.01. The van der Waals surface area contributed by atoms with E-state index in [1.807, 2.05) is 37.5 Å². The lowest BCUT2D eigenvalue weighted by Gasteiger charge is -2.09. The molecular formula is C20H22N4O2. The summed E-state index contributed by atoms with van der Waals surface area (Å²) in [5, 5.41) is 2.96. The van der Waals surface area contributed by atoms with E-state index in [1.54, 1.807) is 0 Å². The van der Waals surface area contributed by atoms with Crippen molar-refractivity contribution in [1.82, 2.24) is 19.9 Å². The lowest BCUT2D eigenvalue weighted by atomic mass is 9.94. The zero-order chi connectivity index (χ0) is 18.1. The van der Waals surface area contributed by atoms with Gasteiger partial charge in [0.05, 0.1) is 17.4 Å². The Morgan fingerprint density at radius 3 is 3.00 bits per heavy atom. The van der Waals surface area contributed by atoms with Crippen molar-refractivity contribution in [1.29, 1.82) is 0 Å². The van der Waals surface area contributed by atoms with Gasteiger partial charge in [-0.05, 0) is 43.9 Å². The number of fused-ring (bicyclic) bond motifs is 2. The van der Waals surface area contributed by atoms with Crippen LogP contribution in [0, 0.1) is 6.92 Å². The third-order valence-corrected chi connectivity index (χ3v) is 5.05. The van der Waals surface area contributed by atoms with Crippen LogP contribution in [-0.4, -0.2) is 32.8 Å². The van der Waals surface area contributed by atoms with Gasteiger partial charge in [0.25, 0.3) is 5.91 Å². The van der Waals surface area contributed by atoms with E-state index in [-0.39, 0.29) is 11.7 Å². The highest BCUT2D eigenvalue weighted by Gasteiger charge is 2.26. The summed E-state index contributed by atoms with van der Waals surface area (Å²) in [5.41, 5.74) is 5.03. The number of aromatic amines is 1. The fourth-order valence-corrected chi connectivity index (χ4v) is 3.73. The van der Waals surface area contributed by atoms with Crippen molar-refractivity contribution in [3.8, 4) is 0 Å². The van der Waals surface area contributed by atoms with Gasteiger partial charge in [0.15, 0.2) is 5.78 Å². The molecule has 0 saturated carbocycles. The maximum absolute atomic E-state index is 12.5. The summed E-state index contributed by atoms with van der Waals surface area (Å²) in [4.78, 5) is 32.1. The second-order valence-corrected chi connectivity index (χ2v) is 6.79. The molecule has 1 aliphatic carbocycles. The van der Waals surface area contributed by atoms with Gasteiger partial charge in [-0.3, -0.25) is 9.59 Å². The van der Waals surface area contributed by atoms with Crippen LogP contribution in [0.1, 0.15) is 51.4 Å². The molecule has 1 aromatic carbocycles. The summed E-state index contributed by atoms with van der Waals surface area (Å²) < 4.78 is 2.10. The van der Waals surface area contributed by atoms with E-state index in [9.17, 15) is 9.59 Å². The highest BCUT2D eigenvalue weighted by molar-refractivity contribution is 6.04. The molecule has 26 heavy (non-hydrogen) atoms. The molecule has 6 nitrogen and oxygen atoms in total. The minimum absolute atomic E-state index is 0.139. The summed E-state index contributed by atoms with van der Waals surface area (Å²) in [6.07, 6.45) is 4.91. The number of carbonyl (C=O) groups excluding carboxylic acids is 2. The molecule has 1 aliphatic rings. The van der Waals surface area contributed by atoms with Crippen LogP contribution in [0.15, 0.2) is 30.6 Å².